The Morgan fingerprint density at radius 2 is 1.71 bits per heavy atom. The molecule has 0 radical (unpaired) electrons. The molecule has 1 aliphatic rings. The SMILES string of the molecule is O=C(Nc1ccccc1Cc1ccccc1)NC1CCC1. The second-order valence-electron chi connectivity index (χ2n) is 5.55. The van der Waals surface area contributed by atoms with E-state index in [1.165, 1.54) is 12.0 Å². The first-order chi connectivity index (χ1) is 10.3. The molecule has 3 heteroatoms. The van der Waals surface area contributed by atoms with Crippen molar-refractivity contribution in [3.63, 3.8) is 0 Å². The Labute approximate surface area is 125 Å². The van der Waals surface area contributed by atoms with Crippen molar-refractivity contribution < 1.29 is 4.79 Å². The van der Waals surface area contributed by atoms with Crippen LogP contribution in [0.5, 0.6) is 0 Å². The number of urea groups is 1. The van der Waals surface area contributed by atoms with Gasteiger partial charge in [0.15, 0.2) is 0 Å². The van der Waals surface area contributed by atoms with E-state index in [0.29, 0.717) is 6.04 Å². The number of hydrogen-bond donors (Lipinski definition) is 2. The third kappa shape index (κ3) is 3.63. The van der Waals surface area contributed by atoms with E-state index in [2.05, 4.69) is 28.8 Å². The summed E-state index contributed by atoms with van der Waals surface area (Å²) in [7, 11) is 0. The summed E-state index contributed by atoms with van der Waals surface area (Å²) in [5.41, 5.74) is 3.26. The van der Waals surface area contributed by atoms with Gasteiger partial charge in [0.2, 0.25) is 0 Å². The second-order valence-corrected chi connectivity index (χ2v) is 5.55. The molecule has 0 saturated heterocycles. The molecule has 1 saturated carbocycles. The van der Waals surface area contributed by atoms with Gasteiger partial charge < -0.3 is 10.6 Å². The molecule has 3 rings (SSSR count). The fourth-order valence-electron chi connectivity index (χ4n) is 2.51. The number of benzene rings is 2. The maximum absolute atomic E-state index is 12.0. The zero-order valence-corrected chi connectivity index (χ0v) is 12.0. The highest BCUT2D eigenvalue weighted by molar-refractivity contribution is 5.90. The molecule has 0 atom stereocenters. The number of carbonyl (C=O) groups is 1. The van der Waals surface area contributed by atoms with Crippen LogP contribution in [0.2, 0.25) is 0 Å². The number of hydrogen-bond acceptors (Lipinski definition) is 1. The van der Waals surface area contributed by atoms with Gasteiger partial charge in [-0.05, 0) is 42.9 Å². The minimum absolute atomic E-state index is 0.0970. The van der Waals surface area contributed by atoms with E-state index in [0.717, 1.165) is 30.5 Å². The van der Waals surface area contributed by atoms with Gasteiger partial charge in [0, 0.05) is 11.7 Å². The summed E-state index contributed by atoms with van der Waals surface area (Å²) in [6, 6.07) is 18.5. The fourth-order valence-corrected chi connectivity index (χ4v) is 2.51. The maximum Gasteiger partial charge on any atom is 0.319 e. The number of anilines is 1. The Morgan fingerprint density at radius 1 is 1.00 bits per heavy atom. The van der Waals surface area contributed by atoms with Crippen molar-refractivity contribution in [1.82, 2.24) is 5.32 Å². The summed E-state index contributed by atoms with van der Waals surface area (Å²) in [5.74, 6) is 0. The molecule has 21 heavy (non-hydrogen) atoms. The maximum atomic E-state index is 12.0. The Kier molecular flexibility index (Phi) is 4.20. The third-order valence-electron chi connectivity index (χ3n) is 3.94. The van der Waals surface area contributed by atoms with Gasteiger partial charge in [0.05, 0.1) is 0 Å². The van der Waals surface area contributed by atoms with Gasteiger partial charge in [0.1, 0.15) is 0 Å². The van der Waals surface area contributed by atoms with Crippen LogP contribution in [0.15, 0.2) is 54.6 Å². The summed E-state index contributed by atoms with van der Waals surface area (Å²) in [6.45, 7) is 0. The third-order valence-corrected chi connectivity index (χ3v) is 3.94. The minimum Gasteiger partial charge on any atom is -0.335 e. The van der Waals surface area contributed by atoms with Crippen molar-refractivity contribution in [3.05, 3.63) is 65.7 Å². The summed E-state index contributed by atoms with van der Waals surface area (Å²) in [6.07, 6.45) is 4.23. The molecule has 108 valence electrons. The average Bonchev–Trinajstić information content (AvgIpc) is 2.46. The molecule has 0 heterocycles. The van der Waals surface area contributed by atoms with Gasteiger partial charge in [-0.1, -0.05) is 48.5 Å². The Morgan fingerprint density at radius 3 is 2.43 bits per heavy atom. The Hall–Kier alpha value is -2.29. The highest BCUT2D eigenvalue weighted by atomic mass is 16.2. The van der Waals surface area contributed by atoms with E-state index < -0.39 is 0 Å². The monoisotopic (exact) mass is 280 g/mol. The van der Waals surface area contributed by atoms with Crippen LogP contribution in [0.4, 0.5) is 10.5 Å². The lowest BCUT2D eigenvalue weighted by molar-refractivity contribution is 0.240. The average molecular weight is 280 g/mol. The molecule has 0 aliphatic heterocycles. The summed E-state index contributed by atoms with van der Waals surface area (Å²) >= 11 is 0. The molecular formula is C18H20N2O. The predicted molar refractivity (Wildman–Crippen MR) is 85.5 cm³/mol. The molecule has 1 fully saturated rings. The second kappa shape index (κ2) is 6.44. The predicted octanol–water partition coefficient (Wildman–Crippen LogP) is 3.95. The molecule has 2 N–H and O–H groups in total. The molecule has 0 aromatic heterocycles. The van der Waals surface area contributed by atoms with E-state index in [1.807, 2.05) is 36.4 Å². The fraction of sp³-hybridized carbons (Fsp3) is 0.278. The van der Waals surface area contributed by atoms with E-state index in [1.54, 1.807) is 0 Å². The van der Waals surface area contributed by atoms with Crippen molar-refractivity contribution >= 4 is 11.7 Å². The van der Waals surface area contributed by atoms with Crippen LogP contribution in [0.3, 0.4) is 0 Å². The van der Waals surface area contributed by atoms with Gasteiger partial charge in [-0.2, -0.15) is 0 Å². The molecule has 2 amide bonds. The quantitative estimate of drug-likeness (QED) is 0.874. The number of carbonyl (C=O) groups excluding carboxylic acids is 1. The van der Waals surface area contributed by atoms with Crippen LogP contribution >= 0.6 is 0 Å². The van der Waals surface area contributed by atoms with E-state index in [4.69, 9.17) is 0 Å². The van der Waals surface area contributed by atoms with Crippen molar-refractivity contribution in [2.75, 3.05) is 5.32 Å². The highest BCUT2D eigenvalue weighted by Gasteiger charge is 2.19. The van der Waals surface area contributed by atoms with E-state index in [9.17, 15) is 4.79 Å². The van der Waals surface area contributed by atoms with Gasteiger partial charge in [-0.3, -0.25) is 0 Å². The zero-order chi connectivity index (χ0) is 14.5. The van der Waals surface area contributed by atoms with E-state index in [-0.39, 0.29) is 6.03 Å². The van der Waals surface area contributed by atoms with Gasteiger partial charge in [-0.15, -0.1) is 0 Å². The molecular weight excluding hydrogens is 260 g/mol. The van der Waals surface area contributed by atoms with Crippen molar-refractivity contribution in [1.29, 1.82) is 0 Å². The van der Waals surface area contributed by atoms with Crippen molar-refractivity contribution in [3.8, 4) is 0 Å². The first kappa shape index (κ1) is 13.7. The van der Waals surface area contributed by atoms with Crippen LogP contribution < -0.4 is 10.6 Å². The van der Waals surface area contributed by atoms with Crippen LogP contribution in [-0.2, 0) is 6.42 Å². The molecule has 2 aromatic carbocycles. The standard InChI is InChI=1S/C18H20N2O/c21-18(19-16-10-6-11-16)20-17-12-5-4-9-15(17)13-14-7-2-1-3-8-14/h1-5,7-9,12,16H,6,10-11,13H2,(H2,19,20,21). The Bertz CT molecular complexity index is 606. The molecule has 2 aromatic rings. The van der Waals surface area contributed by atoms with Gasteiger partial charge >= 0.3 is 6.03 Å². The number of nitrogens with one attached hydrogen (secondary N) is 2. The summed E-state index contributed by atoms with van der Waals surface area (Å²) in [5, 5.41) is 5.99. The number of rotatable bonds is 4. The van der Waals surface area contributed by atoms with Crippen LogP contribution in [0.1, 0.15) is 30.4 Å². The lowest BCUT2D eigenvalue weighted by atomic mass is 9.93. The zero-order valence-electron chi connectivity index (χ0n) is 12.0. The summed E-state index contributed by atoms with van der Waals surface area (Å²) < 4.78 is 0. The lowest BCUT2D eigenvalue weighted by Crippen LogP contribution is -2.41. The highest BCUT2D eigenvalue weighted by Crippen LogP contribution is 2.20. The molecule has 0 bridgehead atoms. The topological polar surface area (TPSA) is 41.1 Å². The normalized spacial score (nSPS) is 14.3. The van der Waals surface area contributed by atoms with Crippen molar-refractivity contribution in [2.24, 2.45) is 0 Å². The molecule has 0 unspecified atom stereocenters. The first-order valence-electron chi connectivity index (χ1n) is 7.50. The molecule has 3 nitrogen and oxygen atoms in total. The van der Waals surface area contributed by atoms with Crippen LogP contribution in [-0.4, -0.2) is 12.1 Å². The van der Waals surface area contributed by atoms with Gasteiger partial charge in [-0.25, -0.2) is 4.79 Å². The Balaban J connectivity index is 1.68. The smallest absolute Gasteiger partial charge is 0.319 e. The van der Waals surface area contributed by atoms with Gasteiger partial charge in [0.25, 0.3) is 0 Å². The minimum atomic E-state index is -0.0970. The number of para-hydroxylation sites is 1. The summed E-state index contributed by atoms with van der Waals surface area (Å²) in [4.78, 5) is 12.0. The first-order valence-corrected chi connectivity index (χ1v) is 7.50. The van der Waals surface area contributed by atoms with E-state index >= 15 is 0 Å². The largest absolute Gasteiger partial charge is 0.335 e. The van der Waals surface area contributed by atoms with Crippen molar-refractivity contribution in [2.45, 2.75) is 31.7 Å². The number of amides is 2. The van der Waals surface area contributed by atoms with Crippen LogP contribution in [0, 0.1) is 0 Å². The lowest BCUT2D eigenvalue weighted by Gasteiger charge is -2.26. The van der Waals surface area contributed by atoms with Crippen LogP contribution in [0.25, 0.3) is 0 Å². The molecule has 0 spiro atoms. The molecule has 1 aliphatic carbocycles.